The zero-order valence-electron chi connectivity index (χ0n) is 13.0. The Hall–Kier alpha value is -2.68. The fraction of sp³-hybridized carbons (Fsp3) is 0.158. The Morgan fingerprint density at radius 2 is 1.82 bits per heavy atom. The van der Waals surface area contributed by atoms with Crippen molar-refractivity contribution in [2.24, 2.45) is 14.1 Å². The van der Waals surface area contributed by atoms with Crippen LogP contribution in [-0.4, -0.2) is 9.55 Å². The summed E-state index contributed by atoms with van der Waals surface area (Å²) in [5.74, 6) is 0. The summed E-state index contributed by atoms with van der Waals surface area (Å²) in [7, 11) is 4.17. The largest absolute Gasteiger partial charge is 0.344 e. The van der Waals surface area contributed by atoms with Crippen molar-refractivity contribution >= 4 is 21.8 Å². The van der Waals surface area contributed by atoms with Crippen LogP contribution in [0.1, 0.15) is 5.56 Å². The van der Waals surface area contributed by atoms with Crippen molar-refractivity contribution in [3.63, 3.8) is 0 Å². The molecule has 0 saturated heterocycles. The maximum Gasteiger partial charge on any atom is 0.286 e. The second-order valence-corrected chi connectivity index (χ2v) is 5.84. The normalized spacial score (nSPS) is 11.4. The summed E-state index contributed by atoms with van der Waals surface area (Å²) in [6, 6.07) is 15.2. The van der Waals surface area contributed by atoms with Crippen LogP contribution in [0.15, 0.2) is 55.0 Å². The van der Waals surface area contributed by atoms with E-state index >= 15 is 0 Å². The van der Waals surface area contributed by atoms with Gasteiger partial charge >= 0.3 is 0 Å². The maximum atomic E-state index is 4.17. The molecular weight excluding hydrogens is 270 g/mol. The molecule has 0 fully saturated rings. The number of para-hydroxylation sites is 1. The second kappa shape index (κ2) is 4.67. The van der Waals surface area contributed by atoms with E-state index in [1.165, 1.54) is 38.6 Å². The highest BCUT2D eigenvalue weighted by Crippen LogP contribution is 2.32. The van der Waals surface area contributed by atoms with E-state index in [9.17, 15) is 0 Å². The zero-order chi connectivity index (χ0) is 15.3. The van der Waals surface area contributed by atoms with Gasteiger partial charge in [0, 0.05) is 40.5 Å². The molecule has 22 heavy (non-hydrogen) atoms. The minimum atomic E-state index is 1.18. The van der Waals surface area contributed by atoms with Crippen LogP contribution in [0.3, 0.4) is 0 Å². The smallest absolute Gasteiger partial charge is 0.286 e. The molecule has 3 nitrogen and oxygen atoms in total. The van der Waals surface area contributed by atoms with E-state index in [1.807, 2.05) is 19.6 Å². The van der Waals surface area contributed by atoms with E-state index in [2.05, 4.69) is 70.6 Å². The Labute approximate surface area is 129 Å². The fourth-order valence-corrected chi connectivity index (χ4v) is 3.30. The number of nitrogens with zero attached hydrogens (tertiary/aromatic N) is 3. The molecule has 0 bridgehead atoms. The van der Waals surface area contributed by atoms with Crippen molar-refractivity contribution in [2.45, 2.75) is 6.92 Å². The fourth-order valence-electron chi connectivity index (χ4n) is 3.30. The van der Waals surface area contributed by atoms with Crippen LogP contribution >= 0.6 is 0 Å². The van der Waals surface area contributed by atoms with Crippen LogP contribution in [0.25, 0.3) is 33.1 Å². The molecule has 2 aromatic heterocycles. The van der Waals surface area contributed by atoms with Gasteiger partial charge in [-0.15, -0.1) is 0 Å². The summed E-state index contributed by atoms with van der Waals surface area (Å²) in [6.07, 6.45) is 3.70. The first-order valence-electron chi connectivity index (χ1n) is 7.44. The molecule has 0 saturated carbocycles. The molecule has 0 N–H and O–H groups in total. The molecule has 0 aliphatic heterocycles. The van der Waals surface area contributed by atoms with Gasteiger partial charge in [-0.1, -0.05) is 23.2 Å². The van der Waals surface area contributed by atoms with Crippen molar-refractivity contribution in [1.29, 1.82) is 0 Å². The molecule has 0 radical (unpaired) electrons. The van der Waals surface area contributed by atoms with Crippen molar-refractivity contribution in [1.82, 2.24) is 9.55 Å². The van der Waals surface area contributed by atoms with Crippen molar-refractivity contribution in [3.8, 4) is 11.3 Å². The molecule has 108 valence electrons. The maximum absolute atomic E-state index is 4.17. The predicted octanol–water partition coefficient (Wildman–Crippen LogP) is 3.53. The molecule has 2 aromatic carbocycles. The van der Waals surface area contributed by atoms with Crippen molar-refractivity contribution < 1.29 is 4.57 Å². The Morgan fingerprint density at radius 1 is 1.00 bits per heavy atom. The zero-order valence-corrected chi connectivity index (χ0v) is 13.0. The molecular formula is C19H18N3+. The van der Waals surface area contributed by atoms with E-state index in [-0.39, 0.29) is 0 Å². The SMILES string of the molecule is Cc1cc2c3ccccc3n(C)c2cc1-c1ccnc[n+]1C. The van der Waals surface area contributed by atoms with E-state index < -0.39 is 0 Å². The minimum Gasteiger partial charge on any atom is -0.344 e. The molecule has 0 atom stereocenters. The molecule has 2 heterocycles. The average molecular weight is 288 g/mol. The molecule has 4 aromatic rings. The lowest BCUT2D eigenvalue weighted by Gasteiger charge is -2.07. The second-order valence-electron chi connectivity index (χ2n) is 5.84. The number of aryl methyl sites for hydroxylation is 3. The molecule has 0 amide bonds. The van der Waals surface area contributed by atoms with Crippen LogP contribution < -0.4 is 4.57 Å². The van der Waals surface area contributed by atoms with Gasteiger partial charge in [0.2, 0.25) is 0 Å². The summed E-state index contributed by atoms with van der Waals surface area (Å²) >= 11 is 0. The van der Waals surface area contributed by atoms with Crippen molar-refractivity contribution in [2.75, 3.05) is 0 Å². The molecule has 0 spiro atoms. The molecule has 3 heteroatoms. The van der Waals surface area contributed by atoms with Crippen LogP contribution in [0.2, 0.25) is 0 Å². The summed E-state index contributed by atoms with van der Waals surface area (Å²) in [5.41, 5.74) is 6.25. The number of benzene rings is 2. The van der Waals surface area contributed by atoms with Gasteiger partial charge < -0.3 is 4.57 Å². The Bertz CT molecular complexity index is 1010. The standard InChI is InChI=1S/C19H18N3/c1-13-10-16-14-6-4-5-7-18(14)22(3)19(16)11-15(13)17-8-9-20-12-21(17)2/h4-12H,1-3H3/q+1. The van der Waals surface area contributed by atoms with Gasteiger partial charge in [-0.25, -0.2) is 4.57 Å². The van der Waals surface area contributed by atoms with Gasteiger partial charge in [0.1, 0.15) is 11.9 Å². The van der Waals surface area contributed by atoms with E-state index in [1.54, 1.807) is 0 Å². The summed E-state index contributed by atoms with van der Waals surface area (Å²) in [6.45, 7) is 2.18. The number of aromatic nitrogens is 3. The minimum absolute atomic E-state index is 1.18. The van der Waals surface area contributed by atoms with Gasteiger partial charge in [0.05, 0.1) is 7.05 Å². The van der Waals surface area contributed by atoms with Gasteiger partial charge in [0.15, 0.2) is 0 Å². The number of fused-ring (bicyclic) bond motifs is 3. The highest BCUT2D eigenvalue weighted by atomic mass is 15.0. The monoisotopic (exact) mass is 288 g/mol. The van der Waals surface area contributed by atoms with Crippen LogP contribution in [0.5, 0.6) is 0 Å². The third-order valence-electron chi connectivity index (χ3n) is 4.47. The first-order valence-corrected chi connectivity index (χ1v) is 7.44. The first kappa shape index (κ1) is 13.0. The molecule has 0 unspecified atom stereocenters. The molecule has 0 aliphatic rings. The molecule has 4 rings (SSSR count). The quantitative estimate of drug-likeness (QED) is 0.491. The van der Waals surface area contributed by atoms with Crippen LogP contribution in [-0.2, 0) is 14.1 Å². The Morgan fingerprint density at radius 3 is 2.64 bits per heavy atom. The lowest BCUT2D eigenvalue weighted by Crippen LogP contribution is -2.31. The third-order valence-corrected chi connectivity index (χ3v) is 4.47. The average Bonchev–Trinajstić information content (AvgIpc) is 2.80. The van der Waals surface area contributed by atoms with E-state index in [0.29, 0.717) is 0 Å². The lowest BCUT2D eigenvalue weighted by molar-refractivity contribution is -0.663. The summed E-state index contributed by atoms with van der Waals surface area (Å²) in [4.78, 5) is 4.17. The Kier molecular flexibility index (Phi) is 2.76. The van der Waals surface area contributed by atoms with E-state index in [4.69, 9.17) is 0 Å². The Balaban J connectivity index is 2.11. The number of rotatable bonds is 1. The lowest BCUT2D eigenvalue weighted by atomic mass is 10.0. The third kappa shape index (κ3) is 1.75. The van der Waals surface area contributed by atoms with Gasteiger partial charge in [-0.05, 0) is 30.7 Å². The van der Waals surface area contributed by atoms with Gasteiger partial charge in [-0.2, -0.15) is 0 Å². The van der Waals surface area contributed by atoms with Gasteiger partial charge in [0.25, 0.3) is 6.33 Å². The predicted molar refractivity (Wildman–Crippen MR) is 89.6 cm³/mol. The number of hydrogen-bond acceptors (Lipinski definition) is 1. The van der Waals surface area contributed by atoms with Crippen LogP contribution in [0, 0.1) is 6.92 Å². The summed E-state index contributed by atoms with van der Waals surface area (Å²) in [5, 5.41) is 2.63. The number of hydrogen-bond donors (Lipinski definition) is 0. The topological polar surface area (TPSA) is 21.7 Å². The molecule has 0 aliphatic carbocycles. The highest BCUT2D eigenvalue weighted by molar-refractivity contribution is 6.09. The van der Waals surface area contributed by atoms with Crippen molar-refractivity contribution in [3.05, 3.63) is 60.6 Å². The van der Waals surface area contributed by atoms with Crippen LogP contribution in [0.4, 0.5) is 0 Å². The first-order chi connectivity index (χ1) is 10.7. The van der Waals surface area contributed by atoms with E-state index in [0.717, 1.165) is 0 Å². The van der Waals surface area contributed by atoms with Gasteiger partial charge in [-0.3, -0.25) is 0 Å². The summed E-state index contributed by atoms with van der Waals surface area (Å²) < 4.78 is 4.34. The highest BCUT2D eigenvalue weighted by Gasteiger charge is 2.14.